The first-order chi connectivity index (χ1) is 15.0. The minimum absolute atomic E-state index is 0.00600. The van der Waals surface area contributed by atoms with Crippen LogP contribution in [0.3, 0.4) is 0 Å². The monoisotopic (exact) mass is 442 g/mol. The van der Waals surface area contributed by atoms with Gasteiger partial charge >= 0.3 is 11.8 Å². The maximum atomic E-state index is 12.1. The molecule has 1 saturated heterocycles. The number of rotatable bonds is 7. The van der Waals surface area contributed by atoms with Gasteiger partial charge in [-0.1, -0.05) is 30.3 Å². The summed E-state index contributed by atoms with van der Waals surface area (Å²) in [5, 5.41) is 16.0. The van der Waals surface area contributed by atoms with Crippen LogP contribution in [0.25, 0.3) is 0 Å². The fourth-order valence-corrected chi connectivity index (χ4v) is 4.27. The molecule has 8 nitrogen and oxygen atoms in total. The minimum atomic E-state index is -0.902. The first-order valence-electron chi connectivity index (χ1n) is 10.1. The zero-order chi connectivity index (χ0) is 22.2. The molecule has 2 aromatic carbocycles. The van der Waals surface area contributed by atoms with Crippen molar-refractivity contribution in [2.75, 3.05) is 31.2 Å². The maximum Gasteiger partial charge on any atom is 0.313 e. The van der Waals surface area contributed by atoms with Crippen molar-refractivity contribution in [2.24, 2.45) is 5.92 Å². The van der Waals surface area contributed by atoms with Gasteiger partial charge in [-0.15, -0.1) is 11.8 Å². The Hall–Kier alpha value is -2.91. The van der Waals surface area contributed by atoms with Gasteiger partial charge in [-0.25, -0.2) is 0 Å². The SMILES string of the molecule is CSc1ccccc1CN1CCC(CNC(=O)C(=O)Nc2ccccc2[N+](=O)[O-])CC1. The van der Waals surface area contributed by atoms with Gasteiger partial charge in [0.15, 0.2) is 0 Å². The van der Waals surface area contributed by atoms with E-state index in [0.29, 0.717) is 12.5 Å². The normalized spacial score (nSPS) is 14.7. The summed E-state index contributed by atoms with van der Waals surface area (Å²) in [6.07, 6.45) is 3.96. The smallest absolute Gasteiger partial charge is 0.313 e. The van der Waals surface area contributed by atoms with Crippen LogP contribution in [-0.2, 0) is 16.1 Å². The van der Waals surface area contributed by atoms with Gasteiger partial charge in [-0.2, -0.15) is 0 Å². The van der Waals surface area contributed by atoms with E-state index in [0.717, 1.165) is 32.5 Å². The van der Waals surface area contributed by atoms with Gasteiger partial charge < -0.3 is 10.6 Å². The lowest BCUT2D eigenvalue weighted by molar-refractivity contribution is -0.383. The van der Waals surface area contributed by atoms with Crippen LogP contribution in [0.15, 0.2) is 53.4 Å². The molecule has 31 heavy (non-hydrogen) atoms. The molecule has 0 radical (unpaired) electrons. The van der Waals surface area contributed by atoms with Crippen molar-refractivity contribution in [2.45, 2.75) is 24.3 Å². The number of nitro benzene ring substituents is 1. The highest BCUT2D eigenvalue weighted by Crippen LogP contribution is 2.25. The molecule has 0 bridgehead atoms. The Balaban J connectivity index is 1.43. The fourth-order valence-electron chi connectivity index (χ4n) is 3.66. The third-order valence-corrected chi connectivity index (χ3v) is 6.24. The number of nitrogens with one attached hydrogen (secondary N) is 2. The molecule has 0 unspecified atom stereocenters. The number of carbonyl (C=O) groups is 2. The van der Waals surface area contributed by atoms with Crippen molar-refractivity contribution in [3.8, 4) is 0 Å². The highest BCUT2D eigenvalue weighted by molar-refractivity contribution is 7.98. The predicted molar refractivity (Wildman–Crippen MR) is 121 cm³/mol. The number of piperidine rings is 1. The van der Waals surface area contributed by atoms with Gasteiger partial charge in [0, 0.05) is 24.1 Å². The molecular weight excluding hydrogens is 416 g/mol. The number of para-hydroxylation sites is 2. The number of hydrogen-bond acceptors (Lipinski definition) is 6. The average Bonchev–Trinajstić information content (AvgIpc) is 2.79. The van der Waals surface area contributed by atoms with Crippen molar-refractivity contribution >= 4 is 35.0 Å². The number of nitrogens with zero attached hydrogens (tertiary/aromatic N) is 2. The number of thioether (sulfide) groups is 1. The van der Waals surface area contributed by atoms with Crippen molar-refractivity contribution in [1.82, 2.24) is 10.2 Å². The molecule has 0 saturated carbocycles. The molecule has 1 heterocycles. The highest BCUT2D eigenvalue weighted by atomic mass is 32.2. The van der Waals surface area contributed by atoms with Crippen LogP contribution in [0.5, 0.6) is 0 Å². The van der Waals surface area contributed by atoms with Gasteiger partial charge in [0.1, 0.15) is 5.69 Å². The third-order valence-electron chi connectivity index (χ3n) is 5.40. The Labute approximate surface area is 185 Å². The second-order valence-electron chi connectivity index (χ2n) is 7.47. The summed E-state index contributed by atoms with van der Waals surface area (Å²) in [4.78, 5) is 38.4. The molecule has 2 aromatic rings. The lowest BCUT2D eigenvalue weighted by Crippen LogP contribution is -2.41. The summed E-state index contributed by atoms with van der Waals surface area (Å²) in [6, 6.07) is 14.1. The van der Waals surface area contributed by atoms with E-state index in [1.54, 1.807) is 17.8 Å². The van der Waals surface area contributed by atoms with E-state index in [9.17, 15) is 19.7 Å². The molecule has 2 amide bonds. The summed E-state index contributed by atoms with van der Waals surface area (Å²) in [6.45, 7) is 3.20. The van der Waals surface area contributed by atoms with Crippen molar-refractivity contribution < 1.29 is 14.5 Å². The minimum Gasteiger partial charge on any atom is -0.348 e. The van der Waals surface area contributed by atoms with Crippen molar-refractivity contribution in [3.63, 3.8) is 0 Å². The van der Waals surface area contributed by atoms with Gasteiger partial charge in [-0.05, 0) is 55.8 Å². The number of carbonyl (C=O) groups excluding carboxylic acids is 2. The molecule has 3 rings (SSSR count). The molecule has 0 atom stereocenters. The number of hydrogen-bond donors (Lipinski definition) is 2. The van der Waals surface area contributed by atoms with Crippen molar-refractivity contribution in [3.05, 3.63) is 64.2 Å². The van der Waals surface area contributed by atoms with Crippen LogP contribution in [0.2, 0.25) is 0 Å². The Morgan fingerprint density at radius 2 is 1.77 bits per heavy atom. The molecule has 164 valence electrons. The molecule has 0 aliphatic carbocycles. The molecule has 1 aliphatic heterocycles. The van der Waals surface area contributed by atoms with E-state index < -0.39 is 16.7 Å². The fraction of sp³-hybridized carbons (Fsp3) is 0.364. The van der Waals surface area contributed by atoms with Crippen LogP contribution in [0.4, 0.5) is 11.4 Å². The standard InChI is InChI=1S/C22H26N4O4S/c1-31-20-9-5-2-6-17(20)15-25-12-10-16(11-13-25)14-23-21(27)22(28)24-18-7-3-4-8-19(18)26(29)30/h2-9,16H,10-15H2,1H3,(H,23,27)(H,24,28). The van der Waals surface area contributed by atoms with E-state index in [1.807, 2.05) is 0 Å². The van der Waals surface area contributed by atoms with Gasteiger partial charge in [0.25, 0.3) is 5.69 Å². The number of amides is 2. The average molecular weight is 443 g/mol. The summed E-state index contributed by atoms with van der Waals surface area (Å²) in [7, 11) is 0. The number of benzene rings is 2. The molecule has 0 aromatic heterocycles. The molecule has 2 N–H and O–H groups in total. The quantitative estimate of drug-likeness (QED) is 0.295. The second-order valence-corrected chi connectivity index (χ2v) is 8.32. The molecule has 1 aliphatic rings. The van der Waals surface area contributed by atoms with E-state index in [2.05, 4.69) is 46.1 Å². The lowest BCUT2D eigenvalue weighted by Gasteiger charge is -2.32. The largest absolute Gasteiger partial charge is 0.348 e. The van der Waals surface area contributed by atoms with E-state index >= 15 is 0 Å². The first kappa shape index (κ1) is 22.8. The summed E-state index contributed by atoms with van der Waals surface area (Å²) in [5.74, 6) is -1.38. The lowest BCUT2D eigenvalue weighted by atomic mass is 9.96. The topological polar surface area (TPSA) is 105 Å². The highest BCUT2D eigenvalue weighted by Gasteiger charge is 2.23. The van der Waals surface area contributed by atoms with Crippen LogP contribution in [0, 0.1) is 16.0 Å². The summed E-state index contributed by atoms with van der Waals surface area (Å²) < 4.78 is 0. The Morgan fingerprint density at radius 1 is 1.10 bits per heavy atom. The molecule has 9 heteroatoms. The van der Waals surface area contributed by atoms with Gasteiger partial charge in [0.2, 0.25) is 0 Å². The van der Waals surface area contributed by atoms with Crippen LogP contribution >= 0.6 is 11.8 Å². The Kier molecular flexibility index (Phi) is 8.02. The Bertz CT molecular complexity index is 945. The number of likely N-dealkylation sites (tertiary alicyclic amines) is 1. The van der Waals surface area contributed by atoms with E-state index in [1.165, 1.54) is 28.7 Å². The van der Waals surface area contributed by atoms with Crippen LogP contribution in [-0.4, -0.2) is 47.5 Å². The Morgan fingerprint density at radius 3 is 2.48 bits per heavy atom. The van der Waals surface area contributed by atoms with Crippen LogP contribution in [0.1, 0.15) is 18.4 Å². The van der Waals surface area contributed by atoms with Crippen molar-refractivity contribution in [1.29, 1.82) is 0 Å². The second kappa shape index (κ2) is 10.9. The molecular formula is C22H26N4O4S. The third kappa shape index (κ3) is 6.28. The molecule has 1 fully saturated rings. The number of nitro groups is 1. The van der Waals surface area contributed by atoms with E-state index in [4.69, 9.17) is 0 Å². The predicted octanol–water partition coefficient (Wildman–Crippen LogP) is 3.28. The van der Waals surface area contributed by atoms with E-state index in [-0.39, 0.29) is 11.4 Å². The van der Waals surface area contributed by atoms with Gasteiger partial charge in [-0.3, -0.25) is 24.6 Å². The summed E-state index contributed by atoms with van der Waals surface area (Å²) >= 11 is 1.75. The maximum absolute atomic E-state index is 12.1. The first-order valence-corrected chi connectivity index (χ1v) is 11.4. The summed E-state index contributed by atoms with van der Waals surface area (Å²) in [5.41, 5.74) is 1.08. The zero-order valence-electron chi connectivity index (χ0n) is 17.4. The molecule has 0 spiro atoms. The van der Waals surface area contributed by atoms with Crippen LogP contribution < -0.4 is 10.6 Å². The van der Waals surface area contributed by atoms with Gasteiger partial charge in [0.05, 0.1) is 4.92 Å². The zero-order valence-corrected chi connectivity index (χ0v) is 18.2. The number of anilines is 1.